The number of hydrogen-bond donors (Lipinski definition) is 0. The first kappa shape index (κ1) is 31.4. The van der Waals surface area contributed by atoms with Crippen LogP contribution in [0.15, 0.2) is 109 Å². The summed E-state index contributed by atoms with van der Waals surface area (Å²) in [5, 5.41) is 3.98. The monoisotopic (exact) mass is 648 g/mol. The van der Waals surface area contributed by atoms with Gasteiger partial charge in [-0.15, -0.1) is 0 Å². The van der Waals surface area contributed by atoms with E-state index in [-0.39, 0.29) is 11.4 Å². The van der Waals surface area contributed by atoms with E-state index in [1.807, 2.05) is 91.0 Å². The van der Waals surface area contributed by atoms with E-state index in [9.17, 15) is 26.3 Å². The molecule has 0 aliphatic heterocycles. The molecule has 46 heavy (non-hydrogen) atoms. The summed E-state index contributed by atoms with van der Waals surface area (Å²) in [5.41, 5.74) is -0.0446. The van der Waals surface area contributed by atoms with E-state index in [0.717, 1.165) is 33.7 Å². The summed E-state index contributed by atoms with van der Waals surface area (Å²) in [6, 6.07) is 30.1. The Labute approximate surface area is 263 Å². The molecule has 6 aromatic rings. The van der Waals surface area contributed by atoms with Crippen LogP contribution in [-0.4, -0.2) is 20.9 Å². The third-order valence-corrected chi connectivity index (χ3v) is 10.3. The summed E-state index contributed by atoms with van der Waals surface area (Å²) in [5.74, 6) is 1.04. The minimum absolute atomic E-state index is 0.0655. The smallest absolute Gasteiger partial charge is 0.416 e. The molecule has 0 saturated carbocycles. The molecule has 0 spiro atoms. The van der Waals surface area contributed by atoms with Gasteiger partial charge in [0.1, 0.15) is 11.5 Å². The van der Waals surface area contributed by atoms with E-state index in [2.05, 4.69) is 0 Å². The van der Waals surface area contributed by atoms with Gasteiger partial charge >= 0.3 is 12.4 Å². The first-order valence-electron chi connectivity index (χ1n) is 14.2. The molecule has 0 aliphatic rings. The fraction of sp³-hybridized carbons (Fsp3) is 0.135. The highest BCUT2D eigenvalue weighted by atomic mass is 31.1. The number of halogens is 6. The van der Waals surface area contributed by atoms with Crippen LogP contribution in [0.4, 0.5) is 26.3 Å². The molecular weight excluding hydrogens is 621 g/mol. The van der Waals surface area contributed by atoms with Gasteiger partial charge in [-0.1, -0.05) is 78.9 Å². The zero-order valence-electron chi connectivity index (χ0n) is 24.9. The molecular formula is C37H27F6O2P. The fourth-order valence-corrected chi connectivity index (χ4v) is 7.99. The third-order valence-electron chi connectivity index (χ3n) is 8.09. The first-order valence-corrected chi connectivity index (χ1v) is 16.0. The van der Waals surface area contributed by atoms with Crippen molar-refractivity contribution in [2.45, 2.75) is 12.4 Å². The van der Waals surface area contributed by atoms with Gasteiger partial charge in [-0.25, -0.2) is 0 Å². The Bertz CT molecular complexity index is 1950. The minimum atomic E-state index is -4.98. The molecule has 0 amide bonds. The quantitative estimate of drug-likeness (QED) is 0.132. The fourth-order valence-electron chi connectivity index (χ4n) is 5.97. The predicted octanol–water partition coefficient (Wildman–Crippen LogP) is 10.4. The van der Waals surface area contributed by atoms with Gasteiger partial charge in [0, 0.05) is 11.1 Å². The lowest BCUT2D eigenvalue weighted by Gasteiger charge is -2.26. The van der Waals surface area contributed by atoms with Crippen LogP contribution in [0.5, 0.6) is 11.5 Å². The SMILES string of the molecule is COc1ccc2ccccc2c1-c1cccc(-c2c(OC)ccc3ccccc23)c1P(C)c1cc(C(F)(F)F)cc(C(F)(F)F)c1. The van der Waals surface area contributed by atoms with E-state index >= 15 is 0 Å². The average molecular weight is 649 g/mol. The van der Waals surface area contributed by atoms with Crippen molar-refractivity contribution in [3.8, 4) is 33.8 Å². The normalized spacial score (nSPS) is 12.8. The first-order chi connectivity index (χ1) is 21.9. The molecule has 234 valence electrons. The molecule has 1 atom stereocenters. The Kier molecular flexibility index (Phi) is 8.20. The molecule has 0 fully saturated rings. The standard InChI is InChI=1S/C37H27F6O2P/c1-44-31-17-15-22-9-4-6-11-27(22)33(31)29-13-8-14-30(34-28-12-7-5-10-23(28)16-18-32(34)45-2)35(29)46(3)26-20-24(36(38,39)40)19-25(21-26)37(41,42)43/h4-21H,1-3H3. The molecule has 9 heteroatoms. The van der Waals surface area contributed by atoms with Gasteiger partial charge in [0.05, 0.1) is 25.3 Å². The number of methoxy groups -OCH3 is 2. The van der Waals surface area contributed by atoms with E-state index in [1.165, 1.54) is 14.2 Å². The summed E-state index contributed by atoms with van der Waals surface area (Å²) in [6.07, 6.45) is -9.96. The lowest BCUT2D eigenvalue weighted by Crippen LogP contribution is -2.21. The van der Waals surface area contributed by atoms with Crippen LogP contribution in [0.1, 0.15) is 11.1 Å². The zero-order chi connectivity index (χ0) is 32.8. The molecule has 2 nitrogen and oxygen atoms in total. The molecule has 0 N–H and O–H groups in total. The van der Waals surface area contributed by atoms with Gasteiger partial charge in [-0.2, -0.15) is 26.3 Å². The molecule has 0 aromatic heterocycles. The third kappa shape index (κ3) is 5.67. The van der Waals surface area contributed by atoms with Crippen LogP contribution in [0.25, 0.3) is 43.8 Å². The molecule has 0 bridgehead atoms. The van der Waals surface area contributed by atoms with Crippen molar-refractivity contribution in [3.05, 3.63) is 120 Å². The van der Waals surface area contributed by atoms with E-state index in [1.54, 1.807) is 6.66 Å². The topological polar surface area (TPSA) is 18.5 Å². The maximum Gasteiger partial charge on any atom is 0.416 e. The molecule has 1 unspecified atom stereocenters. The lowest BCUT2D eigenvalue weighted by molar-refractivity contribution is -0.142. The average Bonchev–Trinajstić information content (AvgIpc) is 3.05. The highest BCUT2D eigenvalue weighted by Crippen LogP contribution is 2.48. The van der Waals surface area contributed by atoms with Crippen molar-refractivity contribution >= 4 is 40.1 Å². The number of fused-ring (bicyclic) bond motifs is 2. The predicted molar refractivity (Wildman–Crippen MR) is 174 cm³/mol. The van der Waals surface area contributed by atoms with Crippen molar-refractivity contribution in [2.24, 2.45) is 0 Å². The Morgan fingerprint density at radius 3 is 1.37 bits per heavy atom. The second-order valence-electron chi connectivity index (χ2n) is 10.8. The Hall–Kier alpha value is -4.55. The second-order valence-corrected chi connectivity index (χ2v) is 12.8. The minimum Gasteiger partial charge on any atom is -0.496 e. The van der Waals surface area contributed by atoms with Crippen molar-refractivity contribution in [2.75, 3.05) is 20.9 Å². The van der Waals surface area contributed by atoms with Gasteiger partial charge < -0.3 is 9.47 Å². The second kappa shape index (κ2) is 12.0. The highest BCUT2D eigenvalue weighted by molar-refractivity contribution is 7.72. The van der Waals surface area contributed by atoms with Crippen LogP contribution in [0, 0.1) is 0 Å². The largest absolute Gasteiger partial charge is 0.496 e. The summed E-state index contributed by atoms with van der Waals surface area (Å²) < 4.78 is 95.9. The molecule has 6 rings (SSSR count). The van der Waals surface area contributed by atoms with Gasteiger partial charge in [0.15, 0.2) is 0 Å². The Morgan fingerprint density at radius 1 is 0.522 bits per heavy atom. The number of ether oxygens (including phenoxy) is 2. The van der Waals surface area contributed by atoms with Crippen molar-refractivity contribution in [3.63, 3.8) is 0 Å². The van der Waals surface area contributed by atoms with Crippen molar-refractivity contribution < 1.29 is 35.8 Å². The maximum absolute atomic E-state index is 14.0. The van der Waals surface area contributed by atoms with Gasteiger partial charge in [0.25, 0.3) is 0 Å². The van der Waals surface area contributed by atoms with Crippen LogP contribution < -0.4 is 20.1 Å². The summed E-state index contributed by atoms with van der Waals surface area (Å²) in [4.78, 5) is 0. The Balaban J connectivity index is 1.76. The van der Waals surface area contributed by atoms with Gasteiger partial charge in [0.2, 0.25) is 0 Å². The van der Waals surface area contributed by atoms with Crippen LogP contribution >= 0.6 is 7.92 Å². The van der Waals surface area contributed by atoms with Crippen LogP contribution in [-0.2, 0) is 12.4 Å². The number of alkyl halides is 6. The highest BCUT2D eigenvalue weighted by Gasteiger charge is 2.38. The number of hydrogen-bond acceptors (Lipinski definition) is 2. The Morgan fingerprint density at radius 2 is 0.957 bits per heavy atom. The number of benzene rings is 6. The summed E-state index contributed by atoms with van der Waals surface area (Å²) in [7, 11) is 1.22. The summed E-state index contributed by atoms with van der Waals surface area (Å²) >= 11 is 0. The van der Waals surface area contributed by atoms with Crippen LogP contribution in [0.2, 0.25) is 0 Å². The lowest BCUT2D eigenvalue weighted by atomic mass is 9.92. The molecule has 0 radical (unpaired) electrons. The van der Waals surface area contributed by atoms with Crippen molar-refractivity contribution in [1.29, 1.82) is 0 Å². The number of rotatable bonds is 6. The van der Waals surface area contributed by atoms with E-state index < -0.39 is 31.4 Å². The zero-order valence-corrected chi connectivity index (χ0v) is 25.8. The van der Waals surface area contributed by atoms with Gasteiger partial charge in [-0.3, -0.25) is 0 Å². The molecule has 6 aromatic carbocycles. The molecule has 0 aliphatic carbocycles. The summed E-state index contributed by atoms with van der Waals surface area (Å²) in [6.45, 7) is 1.70. The van der Waals surface area contributed by atoms with E-state index in [4.69, 9.17) is 9.47 Å². The maximum atomic E-state index is 14.0. The van der Waals surface area contributed by atoms with E-state index in [0.29, 0.717) is 39.1 Å². The van der Waals surface area contributed by atoms with Crippen molar-refractivity contribution in [1.82, 2.24) is 0 Å². The van der Waals surface area contributed by atoms with Crippen LogP contribution in [0.3, 0.4) is 0 Å². The molecule has 0 heterocycles. The molecule has 0 saturated heterocycles. The van der Waals surface area contributed by atoms with Gasteiger partial charge in [-0.05, 0) is 88.2 Å².